The Labute approximate surface area is 107 Å². The van der Waals surface area contributed by atoms with E-state index in [1.165, 1.54) is 0 Å². The van der Waals surface area contributed by atoms with Crippen LogP contribution in [-0.4, -0.2) is 18.2 Å². The Hall–Kier alpha value is -1.75. The largest absolute Gasteiger partial charge is 0.444 e. The minimum Gasteiger partial charge on any atom is -0.444 e. The van der Waals surface area contributed by atoms with Crippen molar-refractivity contribution in [2.75, 3.05) is 12.3 Å². The molecule has 0 radical (unpaired) electrons. The van der Waals surface area contributed by atoms with Crippen LogP contribution in [0.3, 0.4) is 0 Å². The van der Waals surface area contributed by atoms with Crippen LogP contribution < -0.4 is 16.8 Å². The van der Waals surface area contributed by atoms with Crippen molar-refractivity contribution >= 4 is 11.8 Å². The van der Waals surface area contributed by atoms with Gasteiger partial charge in [-0.2, -0.15) is 0 Å². The van der Waals surface area contributed by atoms with Crippen LogP contribution in [-0.2, 0) is 4.74 Å². The molecule has 0 aliphatic rings. The summed E-state index contributed by atoms with van der Waals surface area (Å²) in [5.41, 5.74) is 12.6. The van der Waals surface area contributed by atoms with Gasteiger partial charge in [0.2, 0.25) is 0 Å². The van der Waals surface area contributed by atoms with Gasteiger partial charge in [0.1, 0.15) is 5.60 Å². The van der Waals surface area contributed by atoms with Crippen LogP contribution in [0.15, 0.2) is 24.3 Å². The number of alkyl carbamates (subject to hydrolysis) is 1. The predicted molar refractivity (Wildman–Crippen MR) is 72.0 cm³/mol. The average Bonchev–Trinajstić information content (AvgIpc) is 2.23. The van der Waals surface area contributed by atoms with Gasteiger partial charge in [-0.3, -0.25) is 0 Å². The van der Waals surface area contributed by atoms with Crippen molar-refractivity contribution < 1.29 is 9.53 Å². The van der Waals surface area contributed by atoms with Crippen LogP contribution in [0.25, 0.3) is 0 Å². The molecule has 1 aromatic carbocycles. The summed E-state index contributed by atoms with van der Waals surface area (Å²) in [5, 5.41) is 2.63. The fourth-order valence-corrected chi connectivity index (χ4v) is 1.41. The fraction of sp³-hybridized carbons (Fsp3) is 0.462. The van der Waals surface area contributed by atoms with Gasteiger partial charge in [-0.15, -0.1) is 0 Å². The zero-order valence-electron chi connectivity index (χ0n) is 11.1. The van der Waals surface area contributed by atoms with Gasteiger partial charge in [-0.05, 0) is 38.5 Å². The molecule has 0 unspecified atom stereocenters. The smallest absolute Gasteiger partial charge is 0.407 e. The SMILES string of the molecule is CC(C)(C)OC(=O)NC[C@@H](N)c1cccc(N)c1. The summed E-state index contributed by atoms with van der Waals surface area (Å²) in [7, 11) is 0. The highest BCUT2D eigenvalue weighted by molar-refractivity contribution is 5.67. The van der Waals surface area contributed by atoms with Crippen molar-refractivity contribution in [1.29, 1.82) is 0 Å². The lowest BCUT2D eigenvalue weighted by Gasteiger charge is -2.21. The van der Waals surface area contributed by atoms with E-state index in [2.05, 4.69) is 5.32 Å². The van der Waals surface area contributed by atoms with Crippen molar-refractivity contribution in [2.45, 2.75) is 32.4 Å². The fourth-order valence-electron chi connectivity index (χ4n) is 1.41. The number of nitrogens with one attached hydrogen (secondary N) is 1. The van der Waals surface area contributed by atoms with E-state index in [4.69, 9.17) is 16.2 Å². The van der Waals surface area contributed by atoms with Gasteiger partial charge in [0.15, 0.2) is 0 Å². The Kier molecular flexibility index (Phi) is 4.55. The van der Waals surface area contributed by atoms with Crippen LogP contribution in [0.5, 0.6) is 0 Å². The van der Waals surface area contributed by atoms with Crippen molar-refractivity contribution in [1.82, 2.24) is 5.32 Å². The number of carbonyl (C=O) groups excluding carboxylic acids is 1. The molecule has 18 heavy (non-hydrogen) atoms. The number of carbonyl (C=O) groups is 1. The highest BCUT2D eigenvalue weighted by atomic mass is 16.6. The van der Waals surface area contributed by atoms with E-state index in [-0.39, 0.29) is 6.04 Å². The number of ether oxygens (including phenoxy) is 1. The normalized spacial score (nSPS) is 12.9. The maximum absolute atomic E-state index is 11.4. The highest BCUT2D eigenvalue weighted by Gasteiger charge is 2.16. The Balaban J connectivity index is 2.46. The Morgan fingerprint density at radius 1 is 1.44 bits per heavy atom. The van der Waals surface area contributed by atoms with Crippen LogP contribution in [0.4, 0.5) is 10.5 Å². The van der Waals surface area contributed by atoms with E-state index in [0.717, 1.165) is 5.56 Å². The molecule has 0 spiro atoms. The van der Waals surface area contributed by atoms with E-state index >= 15 is 0 Å². The molecule has 0 saturated heterocycles. The van der Waals surface area contributed by atoms with E-state index in [9.17, 15) is 4.79 Å². The predicted octanol–water partition coefficient (Wildman–Crippen LogP) is 1.79. The number of hydrogen-bond donors (Lipinski definition) is 3. The van der Waals surface area contributed by atoms with E-state index in [1.807, 2.05) is 32.9 Å². The lowest BCUT2D eigenvalue weighted by molar-refractivity contribution is 0.0524. The van der Waals surface area contributed by atoms with Crippen molar-refractivity contribution in [3.63, 3.8) is 0 Å². The van der Waals surface area contributed by atoms with Crippen molar-refractivity contribution in [3.05, 3.63) is 29.8 Å². The monoisotopic (exact) mass is 251 g/mol. The molecule has 0 aliphatic heterocycles. The maximum atomic E-state index is 11.4. The summed E-state index contributed by atoms with van der Waals surface area (Å²) < 4.78 is 5.12. The van der Waals surface area contributed by atoms with Crippen LogP contribution in [0.2, 0.25) is 0 Å². The van der Waals surface area contributed by atoms with Gasteiger partial charge in [0.05, 0.1) is 0 Å². The van der Waals surface area contributed by atoms with Gasteiger partial charge in [-0.1, -0.05) is 12.1 Å². The van der Waals surface area contributed by atoms with Crippen LogP contribution in [0, 0.1) is 0 Å². The Morgan fingerprint density at radius 2 is 2.11 bits per heavy atom. The number of anilines is 1. The van der Waals surface area contributed by atoms with Crippen LogP contribution in [0.1, 0.15) is 32.4 Å². The zero-order valence-corrected chi connectivity index (χ0v) is 11.1. The number of amides is 1. The third-order valence-corrected chi connectivity index (χ3v) is 2.20. The third-order valence-electron chi connectivity index (χ3n) is 2.20. The van der Waals surface area contributed by atoms with E-state index in [1.54, 1.807) is 12.1 Å². The second-order valence-corrected chi connectivity index (χ2v) is 5.16. The molecule has 5 N–H and O–H groups in total. The Bertz CT molecular complexity index is 413. The van der Waals surface area contributed by atoms with Crippen molar-refractivity contribution in [2.24, 2.45) is 5.73 Å². The first kappa shape index (κ1) is 14.3. The van der Waals surface area contributed by atoms with E-state index in [0.29, 0.717) is 12.2 Å². The molecule has 1 aromatic rings. The maximum Gasteiger partial charge on any atom is 0.407 e. The van der Waals surface area contributed by atoms with Gasteiger partial charge < -0.3 is 21.5 Å². The molecule has 1 rings (SSSR count). The molecular formula is C13H21N3O2. The molecule has 1 amide bonds. The molecule has 100 valence electrons. The minimum atomic E-state index is -0.509. The van der Waals surface area contributed by atoms with Gasteiger partial charge in [-0.25, -0.2) is 4.79 Å². The zero-order chi connectivity index (χ0) is 13.8. The lowest BCUT2D eigenvalue weighted by atomic mass is 10.1. The summed E-state index contributed by atoms with van der Waals surface area (Å²) in [6.45, 7) is 5.73. The first-order valence-electron chi connectivity index (χ1n) is 5.86. The molecule has 0 saturated carbocycles. The summed E-state index contributed by atoms with van der Waals surface area (Å²) in [6, 6.07) is 6.98. The number of hydrogen-bond acceptors (Lipinski definition) is 4. The molecular weight excluding hydrogens is 230 g/mol. The molecule has 0 aliphatic carbocycles. The molecule has 5 nitrogen and oxygen atoms in total. The minimum absolute atomic E-state index is 0.304. The second kappa shape index (κ2) is 5.73. The molecule has 5 heteroatoms. The number of benzene rings is 1. The highest BCUT2D eigenvalue weighted by Crippen LogP contribution is 2.13. The van der Waals surface area contributed by atoms with Crippen molar-refractivity contribution in [3.8, 4) is 0 Å². The van der Waals surface area contributed by atoms with Crippen LogP contribution >= 0.6 is 0 Å². The lowest BCUT2D eigenvalue weighted by Crippen LogP contribution is -2.36. The third kappa shape index (κ3) is 5.05. The number of rotatable bonds is 3. The standard InChI is InChI=1S/C13H21N3O2/c1-13(2,3)18-12(17)16-8-11(15)9-5-4-6-10(14)7-9/h4-7,11H,8,14-15H2,1-3H3,(H,16,17)/t11-/m1/s1. The van der Waals surface area contributed by atoms with Gasteiger partial charge >= 0.3 is 6.09 Å². The summed E-state index contributed by atoms with van der Waals surface area (Å²) >= 11 is 0. The number of nitrogen functional groups attached to an aromatic ring is 1. The topological polar surface area (TPSA) is 90.4 Å². The number of nitrogens with two attached hydrogens (primary N) is 2. The molecule has 0 bridgehead atoms. The molecule has 0 heterocycles. The molecule has 0 fully saturated rings. The Morgan fingerprint density at radius 3 is 2.67 bits per heavy atom. The average molecular weight is 251 g/mol. The first-order valence-corrected chi connectivity index (χ1v) is 5.86. The molecule has 0 aromatic heterocycles. The molecule has 1 atom stereocenters. The first-order chi connectivity index (χ1) is 8.28. The van der Waals surface area contributed by atoms with Gasteiger partial charge in [0, 0.05) is 18.3 Å². The van der Waals surface area contributed by atoms with Gasteiger partial charge in [0.25, 0.3) is 0 Å². The summed E-state index contributed by atoms with van der Waals surface area (Å²) in [4.78, 5) is 11.4. The summed E-state index contributed by atoms with van der Waals surface area (Å²) in [6.07, 6.45) is -0.471. The summed E-state index contributed by atoms with van der Waals surface area (Å²) in [5.74, 6) is 0. The second-order valence-electron chi connectivity index (χ2n) is 5.16. The quantitative estimate of drug-likeness (QED) is 0.714. The van der Waals surface area contributed by atoms with E-state index < -0.39 is 11.7 Å².